The number of carbonyl (C=O) groups is 3. The molecule has 0 amide bonds. The minimum Gasteiger partial charge on any atom is -0.480 e. The predicted octanol–water partition coefficient (Wildman–Crippen LogP) is -4.82. The normalized spacial score (nSPS) is 16.0. The highest BCUT2D eigenvalue weighted by molar-refractivity contribution is 6.32. The molecule has 0 rings (SSSR count). The van der Waals surface area contributed by atoms with Crippen molar-refractivity contribution < 1.29 is 60.3 Å². The van der Waals surface area contributed by atoms with Gasteiger partial charge in [0.2, 0.25) is 5.78 Å². The lowest BCUT2D eigenvalue weighted by atomic mass is 10.0. The first kappa shape index (κ1) is 37.0. The Morgan fingerprint density at radius 2 is 1.14 bits per heavy atom. The van der Waals surface area contributed by atoms with Gasteiger partial charge in [0.1, 0.15) is 30.5 Å². The molecular weight excluding hydrogens is 390 g/mol. The molecule has 0 aromatic carbocycles. The van der Waals surface area contributed by atoms with Crippen LogP contribution in [-0.4, -0.2) is 113 Å². The molecule has 0 aliphatic heterocycles. The number of aliphatic carboxylic acids is 2. The van der Waals surface area contributed by atoms with Gasteiger partial charge in [0.15, 0.2) is 0 Å². The van der Waals surface area contributed by atoms with Crippen molar-refractivity contribution in [3.05, 3.63) is 0 Å². The van der Waals surface area contributed by atoms with Gasteiger partial charge in [-0.3, -0.25) is 9.59 Å². The van der Waals surface area contributed by atoms with E-state index in [1.54, 1.807) is 0 Å². The van der Waals surface area contributed by atoms with E-state index in [-0.39, 0.29) is 19.7 Å². The standard InChI is InChI=1S/C6H13NO6.C6H10O6.CH4.2H3N/c7-3(6(12)13)5(11)4(10)2(9)1-8;7-2-5(10)3(8)1-4(9)6(11)12;;;/h2-5,8-11H,1,7H2,(H,12,13);3,5,7-8,10H,1-2H2,(H,11,12);1H4;2*1H3/t2-,3-,4-,5-;3-,5+;;;/m10.../s1. The van der Waals surface area contributed by atoms with Gasteiger partial charge in [-0.1, -0.05) is 7.43 Å². The number of carboxylic acid groups (broad SMARTS) is 2. The molecule has 0 aromatic rings. The number of aliphatic hydroxyl groups is 7. The second-order valence-corrected chi connectivity index (χ2v) is 4.84. The molecule has 28 heavy (non-hydrogen) atoms. The van der Waals surface area contributed by atoms with Crippen LogP contribution < -0.4 is 18.0 Å². The third-order valence-corrected chi connectivity index (χ3v) is 2.85. The largest absolute Gasteiger partial charge is 0.480 e. The summed E-state index contributed by atoms with van der Waals surface area (Å²) in [5.41, 5.74) is 4.95. The molecule has 6 atom stereocenters. The fraction of sp³-hybridized carbons (Fsp3) is 0.769. The summed E-state index contributed by atoms with van der Waals surface area (Å²) in [5.74, 6) is -4.37. The molecule has 17 N–H and O–H groups in total. The zero-order valence-corrected chi connectivity index (χ0v) is 14.3. The van der Waals surface area contributed by atoms with Crippen LogP contribution in [0.4, 0.5) is 0 Å². The summed E-state index contributed by atoms with van der Waals surface area (Å²) in [7, 11) is 0. The van der Waals surface area contributed by atoms with Crippen molar-refractivity contribution in [1.82, 2.24) is 12.3 Å². The summed E-state index contributed by atoms with van der Waals surface area (Å²) in [6, 6.07) is -1.70. The third kappa shape index (κ3) is 14.3. The van der Waals surface area contributed by atoms with Gasteiger partial charge < -0.3 is 64.0 Å². The third-order valence-electron chi connectivity index (χ3n) is 2.85. The molecule has 15 heteroatoms. The van der Waals surface area contributed by atoms with Gasteiger partial charge >= 0.3 is 11.9 Å². The van der Waals surface area contributed by atoms with Crippen molar-refractivity contribution in [2.75, 3.05) is 13.2 Å². The Morgan fingerprint density at radius 3 is 1.43 bits per heavy atom. The van der Waals surface area contributed by atoms with Crippen molar-refractivity contribution in [2.45, 2.75) is 50.4 Å². The average molecular weight is 423 g/mol. The van der Waals surface area contributed by atoms with Gasteiger partial charge in [-0.15, -0.1) is 0 Å². The lowest BCUT2D eigenvalue weighted by Gasteiger charge is -2.23. The lowest BCUT2D eigenvalue weighted by Crippen LogP contribution is -2.52. The molecule has 0 saturated heterocycles. The van der Waals surface area contributed by atoms with Crippen LogP contribution >= 0.6 is 0 Å². The van der Waals surface area contributed by atoms with E-state index in [1.165, 1.54) is 0 Å². The molecule has 0 aliphatic carbocycles. The number of ketones is 1. The number of nitrogens with two attached hydrogens (primary N) is 1. The Hall–Kier alpha value is -1.79. The minimum atomic E-state index is -1.82. The van der Waals surface area contributed by atoms with E-state index in [2.05, 4.69) is 0 Å². The van der Waals surface area contributed by atoms with E-state index in [1.807, 2.05) is 0 Å². The molecule has 172 valence electrons. The van der Waals surface area contributed by atoms with Crippen LogP contribution in [0.1, 0.15) is 13.8 Å². The highest BCUT2D eigenvalue weighted by Crippen LogP contribution is 2.03. The van der Waals surface area contributed by atoms with Crippen molar-refractivity contribution in [3.8, 4) is 0 Å². The summed E-state index contributed by atoms with van der Waals surface area (Å²) in [4.78, 5) is 30.6. The molecular formula is C13H33N3O12. The maximum Gasteiger partial charge on any atom is 0.372 e. The number of aliphatic hydroxyl groups excluding tert-OH is 7. The summed E-state index contributed by atoms with van der Waals surface area (Å²) >= 11 is 0. The average Bonchev–Trinajstić information content (AvgIpc) is 2.58. The maximum absolute atomic E-state index is 10.4. The number of hydrogen-bond acceptors (Lipinski definition) is 13. The second kappa shape index (κ2) is 18.6. The van der Waals surface area contributed by atoms with Gasteiger partial charge in [-0.25, -0.2) is 4.79 Å². The van der Waals surface area contributed by atoms with E-state index in [0.29, 0.717) is 0 Å². The molecule has 0 saturated carbocycles. The molecule has 0 unspecified atom stereocenters. The van der Waals surface area contributed by atoms with Crippen LogP contribution in [0.5, 0.6) is 0 Å². The monoisotopic (exact) mass is 423 g/mol. The van der Waals surface area contributed by atoms with Gasteiger partial charge in [-0.2, -0.15) is 0 Å². The SMILES string of the molecule is C.N.N.N[C@@H](C(=O)O)[C@@H](O)[C@H](O)[C@H](O)CO.O=C(O)C(=O)C[C@H](O)[C@H](O)CO. The second-order valence-electron chi connectivity index (χ2n) is 4.84. The molecule has 0 fully saturated rings. The van der Waals surface area contributed by atoms with Crippen LogP contribution in [0, 0.1) is 0 Å². The first-order chi connectivity index (χ1) is 11.4. The first-order valence-corrected chi connectivity index (χ1v) is 6.77. The van der Waals surface area contributed by atoms with Crippen molar-refractivity contribution >= 4 is 17.7 Å². The number of rotatable bonds is 10. The number of Topliss-reactive ketones (excluding diaryl/α,β-unsaturated/α-hetero) is 1. The van der Waals surface area contributed by atoms with Gasteiger partial charge in [-0.05, 0) is 0 Å². The molecule has 0 aromatic heterocycles. The van der Waals surface area contributed by atoms with Crippen molar-refractivity contribution in [1.29, 1.82) is 0 Å². The van der Waals surface area contributed by atoms with E-state index in [4.69, 9.17) is 51.7 Å². The van der Waals surface area contributed by atoms with E-state index in [0.717, 1.165) is 0 Å². The fourth-order valence-corrected chi connectivity index (χ4v) is 1.23. The summed E-state index contributed by atoms with van der Waals surface area (Å²) in [5, 5.41) is 77.5. The van der Waals surface area contributed by atoms with Crippen LogP contribution in [0.3, 0.4) is 0 Å². The Balaban J connectivity index is -0.000000114. The summed E-state index contributed by atoms with van der Waals surface area (Å²) in [6.45, 7) is -1.50. The Bertz CT molecular complexity index is 439. The quantitative estimate of drug-likeness (QED) is 0.146. The fourth-order valence-electron chi connectivity index (χ4n) is 1.23. The Kier molecular flexibility index (Phi) is 24.6. The molecule has 0 aliphatic rings. The molecule has 0 radical (unpaired) electrons. The van der Waals surface area contributed by atoms with Crippen molar-refractivity contribution in [3.63, 3.8) is 0 Å². The highest BCUT2D eigenvalue weighted by Gasteiger charge is 2.32. The van der Waals surface area contributed by atoms with Gasteiger partial charge in [0, 0.05) is 6.42 Å². The molecule has 0 bridgehead atoms. The van der Waals surface area contributed by atoms with E-state index >= 15 is 0 Å². The van der Waals surface area contributed by atoms with Gasteiger partial charge in [0.25, 0.3) is 0 Å². The Morgan fingerprint density at radius 1 is 0.750 bits per heavy atom. The zero-order valence-electron chi connectivity index (χ0n) is 14.3. The zero-order chi connectivity index (χ0) is 20.3. The van der Waals surface area contributed by atoms with Gasteiger partial charge in [0.05, 0.1) is 19.3 Å². The van der Waals surface area contributed by atoms with E-state index in [9.17, 15) is 14.4 Å². The van der Waals surface area contributed by atoms with E-state index < -0.39 is 73.9 Å². The van der Waals surface area contributed by atoms with Crippen molar-refractivity contribution in [2.24, 2.45) is 5.73 Å². The summed E-state index contributed by atoms with van der Waals surface area (Å²) < 4.78 is 0. The molecule has 0 spiro atoms. The van der Waals surface area contributed by atoms with Crippen LogP contribution in [0.2, 0.25) is 0 Å². The minimum absolute atomic E-state index is 0. The number of carbonyl (C=O) groups excluding carboxylic acids is 1. The lowest BCUT2D eigenvalue weighted by molar-refractivity contribution is -0.151. The number of hydrogen-bond donors (Lipinski definition) is 12. The van der Waals surface area contributed by atoms with Crippen LogP contribution in [0.25, 0.3) is 0 Å². The summed E-state index contributed by atoms with van der Waals surface area (Å²) in [6.07, 6.45) is -8.92. The number of carboxylic acids is 2. The topological polar surface area (TPSA) is 329 Å². The maximum atomic E-state index is 10.4. The molecule has 0 heterocycles. The Labute approximate surface area is 160 Å². The molecule has 15 nitrogen and oxygen atoms in total. The first-order valence-electron chi connectivity index (χ1n) is 6.77. The van der Waals surface area contributed by atoms with Crippen LogP contribution in [-0.2, 0) is 14.4 Å². The predicted molar refractivity (Wildman–Crippen MR) is 93.9 cm³/mol. The van der Waals surface area contributed by atoms with Crippen LogP contribution in [0.15, 0.2) is 0 Å². The highest BCUT2D eigenvalue weighted by atomic mass is 16.4. The smallest absolute Gasteiger partial charge is 0.372 e.